The Hall–Kier alpha value is -2.13. The zero-order valence-corrected chi connectivity index (χ0v) is 16.5. The van der Waals surface area contributed by atoms with Crippen LogP contribution in [0.25, 0.3) is 0 Å². The van der Waals surface area contributed by atoms with Crippen LogP contribution in [-0.2, 0) is 23.8 Å². The van der Waals surface area contributed by atoms with Gasteiger partial charge in [-0.25, -0.2) is 9.59 Å². The van der Waals surface area contributed by atoms with Crippen molar-refractivity contribution in [2.45, 2.75) is 63.7 Å². The minimum atomic E-state index is -4.24. The first-order valence-corrected chi connectivity index (χ1v) is 9.29. The molecule has 0 saturated heterocycles. The lowest BCUT2D eigenvalue weighted by Gasteiger charge is -2.31. The Bertz CT molecular complexity index is 761. The Balaban J connectivity index is 3.04. The van der Waals surface area contributed by atoms with Crippen molar-refractivity contribution < 1.29 is 32.0 Å². The topological polar surface area (TPSA) is 119 Å². The fraction of sp³-hybridized carbons (Fsp3) is 0.529. The van der Waals surface area contributed by atoms with E-state index in [1.165, 1.54) is 26.0 Å². The lowest BCUT2D eigenvalue weighted by Crippen LogP contribution is -2.56. The molecule has 9 heteroatoms. The van der Waals surface area contributed by atoms with Crippen LogP contribution in [0.1, 0.15) is 40.2 Å². The molecule has 1 aromatic rings. The number of amides is 1. The zero-order chi connectivity index (χ0) is 20.3. The van der Waals surface area contributed by atoms with Crippen molar-refractivity contribution in [2.75, 3.05) is 0 Å². The van der Waals surface area contributed by atoms with E-state index in [2.05, 4.69) is 5.32 Å². The molecule has 0 bridgehead atoms. The van der Waals surface area contributed by atoms with Gasteiger partial charge in [0, 0.05) is 0 Å². The number of nitrogens with one attached hydrogen (secondary N) is 1. The fourth-order valence-corrected chi connectivity index (χ4v) is 3.27. The number of carbonyl (C=O) groups is 2. The summed E-state index contributed by atoms with van der Waals surface area (Å²) in [5, 5.41) is 11.6. The molecule has 0 aliphatic rings. The van der Waals surface area contributed by atoms with Crippen LogP contribution >= 0.6 is 0 Å². The third-order valence-corrected chi connectivity index (χ3v) is 4.74. The lowest BCUT2D eigenvalue weighted by atomic mass is 9.99. The van der Waals surface area contributed by atoms with Crippen molar-refractivity contribution in [1.82, 2.24) is 5.32 Å². The van der Waals surface area contributed by atoms with Gasteiger partial charge in [0.15, 0.2) is 6.04 Å². The van der Waals surface area contributed by atoms with Gasteiger partial charge >= 0.3 is 12.1 Å². The molecule has 0 fully saturated rings. The quantitative estimate of drug-likeness (QED) is 0.720. The highest BCUT2D eigenvalue weighted by Gasteiger charge is 2.42. The SMILES string of the molecule is Cc1ccc(S(=O)(=O)OC(C)(C)C(NC(=O)OC(C)(C)C)C(=O)O)cc1. The van der Waals surface area contributed by atoms with E-state index < -0.39 is 39.4 Å². The Morgan fingerprint density at radius 1 is 1.08 bits per heavy atom. The number of carboxylic acid groups (broad SMARTS) is 1. The highest BCUT2D eigenvalue weighted by molar-refractivity contribution is 7.86. The predicted molar refractivity (Wildman–Crippen MR) is 94.3 cm³/mol. The Kier molecular flexibility index (Phi) is 6.43. The van der Waals surface area contributed by atoms with E-state index in [-0.39, 0.29) is 4.90 Å². The third kappa shape index (κ3) is 6.30. The standard InChI is InChI=1S/C17H25NO7S/c1-11-7-9-12(10-8-11)26(22,23)25-17(5,6)13(14(19)20)18-15(21)24-16(2,3)4/h7-10,13H,1-6H3,(H,18,21)(H,19,20). The molecule has 0 aromatic heterocycles. The van der Waals surface area contributed by atoms with Crippen molar-refractivity contribution >= 4 is 22.2 Å². The van der Waals surface area contributed by atoms with Crippen LogP contribution in [0.4, 0.5) is 4.79 Å². The molecule has 0 aliphatic heterocycles. The molecule has 8 nitrogen and oxygen atoms in total. The van der Waals surface area contributed by atoms with E-state index in [4.69, 9.17) is 8.92 Å². The molecule has 2 N–H and O–H groups in total. The van der Waals surface area contributed by atoms with E-state index >= 15 is 0 Å². The zero-order valence-electron chi connectivity index (χ0n) is 15.7. The van der Waals surface area contributed by atoms with Crippen LogP contribution in [0.2, 0.25) is 0 Å². The number of rotatable bonds is 6. The largest absolute Gasteiger partial charge is 0.480 e. The molecule has 26 heavy (non-hydrogen) atoms. The van der Waals surface area contributed by atoms with Crippen LogP contribution in [0.15, 0.2) is 29.2 Å². The average molecular weight is 387 g/mol. The van der Waals surface area contributed by atoms with Gasteiger partial charge < -0.3 is 15.2 Å². The molecule has 0 saturated carbocycles. The van der Waals surface area contributed by atoms with Crippen molar-refractivity contribution in [3.63, 3.8) is 0 Å². The molecule has 146 valence electrons. The second-order valence-corrected chi connectivity index (χ2v) is 8.92. The van der Waals surface area contributed by atoms with Crippen LogP contribution in [0.5, 0.6) is 0 Å². The number of ether oxygens (including phenoxy) is 1. The number of alkyl carbamates (subject to hydrolysis) is 1. The summed E-state index contributed by atoms with van der Waals surface area (Å²) in [7, 11) is -4.24. The molecule has 0 radical (unpaired) electrons. The van der Waals surface area contributed by atoms with Crippen LogP contribution in [0, 0.1) is 6.92 Å². The van der Waals surface area contributed by atoms with Gasteiger partial charge in [0.05, 0.1) is 4.90 Å². The summed E-state index contributed by atoms with van der Waals surface area (Å²) in [6, 6.07) is 4.25. The fourth-order valence-electron chi connectivity index (χ4n) is 2.04. The van der Waals surface area contributed by atoms with Gasteiger partial charge in [-0.15, -0.1) is 0 Å². The Labute approximate surface area is 153 Å². The molecule has 1 unspecified atom stereocenters. The van der Waals surface area contributed by atoms with Crippen LogP contribution in [-0.4, -0.2) is 42.8 Å². The maximum absolute atomic E-state index is 12.4. The molecule has 0 aliphatic carbocycles. The average Bonchev–Trinajstić information content (AvgIpc) is 2.41. The summed E-state index contributed by atoms with van der Waals surface area (Å²) in [6.45, 7) is 9.17. The van der Waals surface area contributed by atoms with E-state index in [9.17, 15) is 23.1 Å². The number of benzene rings is 1. The van der Waals surface area contributed by atoms with Gasteiger partial charge in [0.2, 0.25) is 0 Å². The summed E-state index contributed by atoms with van der Waals surface area (Å²) in [6.07, 6.45) is -0.991. The van der Waals surface area contributed by atoms with Crippen molar-refractivity contribution in [3.05, 3.63) is 29.8 Å². The van der Waals surface area contributed by atoms with Gasteiger partial charge in [-0.3, -0.25) is 4.18 Å². The molecule has 1 amide bonds. The van der Waals surface area contributed by atoms with Crippen LogP contribution < -0.4 is 5.32 Å². The minimum absolute atomic E-state index is 0.113. The summed E-state index contributed by atoms with van der Waals surface area (Å²) >= 11 is 0. The first-order chi connectivity index (χ1) is 11.6. The van der Waals surface area contributed by atoms with E-state index in [0.29, 0.717) is 0 Å². The summed E-state index contributed by atoms with van der Waals surface area (Å²) in [5.41, 5.74) is -1.75. The monoisotopic (exact) mass is 387 g/mol. The van der Waals surface area contributed by atoms with Gasteiger partial charge in [-0.1, -0.05) is 17.7 Å². The van der Waals surface area contributed by atoms with Crippen LogP contribution in [0.3, 0.4) is 0 Å². The minimum Gasteiger partial charge on any atom is -0.480 e. The molecule has 0 heterocycles. The van der Waals surface area contributed by atoms with E-state index in [1.807, 2.05) is 0 Å². The van der Waals surface area contributed by atoms with Gasteiger partial charge in [0.1, 0.15) is 11.2 Å². The Morgan fingerprint density at radius 2 is 1.58 bits per heavy atom. The highest BCUT2D eigenvalue weighted by Crippen LogP contribution is 2.24. The second-order valence-electron chi connectivity index (χ2n) is 7.37. The summed E-state index contributed by atoms with van der Waals surface area (Å²) in [5.74, 6) is -1.46. The van der Waals surface area contributed by atoms with Gasteiger partial charge in [-0.2, -0.15) is 8.42 Å². The first kappa shape index (κ1) is 21.9. The number of carboxylic acids is 1. The molecular weight excluding hydrogens is 362 g/mol. The molecular formula is C17H25NO7S. The number of aryl methyl sites for hydroxylation is 1. The molecule has 1 aromatic carbocycles. The lowest BCUT2D eigenvalue weighted by molar-refractivity contribution is -0.144. The number of hydrogen-bond donors (Lipinski definition) is 2. The smallest absolute Gasteiger partial charge is 0.408 e. The first-order valence-electron chi connectivity index (χ1n) is 7.89. The van der Waals surface area contributed by atoms with Gasteiger partial charge in [-0.05, 0) is 53.7 Å². The Morgan fingerprint density at radius 3 is 2.00 bits per heavy atom. The van der Waals surface area contributed by atoms with Crippen molar-refractivity contribution in [1.29, 1.82) is 0 Å². The van der Waals surface area contributed by atoms with Crippen molar-refractivity contribution in [2.24, 2.45) is 0 Å². The normalized spacial score (nSPS) is 13.8. The maximum Gasteiger partial charge on any atom is 0.408 e. The number of hydrogen-bond acceptors (Lipinski definition) is 6. The maximum atomic E-state index is 12.4. The van der Waals surface area contributed by atoms with Gasteiger partial charge in [0.25, 0.3) is 10.1 Å². The van der Waals surface area contributed by atoms with Crippen molar-refractivity contribution in [3.8, 4) is 0 Å². The number of aliphatic carboxylic acids is 1. The number of carbonyl (C=O) groups excluding carboxylic acids is 1. The second kappa shape index (κ2) is 7.63. The summed E-state index contributed by atoms with van der Waals surface area (Å²) < 4.78 is 35.0. The third-order valence-electron chi connectivity index (χ3n) is 3.24. The predicted octanol–water partition coefficient (Wildman–Crippen LogP) is 2.46. The molecule has 1 rings (SSSR count). The molecule has 1 atom stereocenters. The summed E-state index contributed by atoms with van der Waals surface area (Å²) in [4.78, 5) is 23.3. The highest BCUT2D eigenvalue weighted by atomic mass is 32.2. The molecule has 0 spiro atoms. The van der Waals surface area contributed by atoms with E-state index in [1.54, 1.807) is 39.8 Å². The van der Waals surface area contributed by atoms with E-state index in [0.717, 1.165) is 5.56 Å².